The number of benzene rings is 1. The van der Waals surface area contributed by atoms with Gasteiger partial charge in [-0.2, -0.15) is 5.10 Å². The van der Waals surface area contributed by atoms with E-state index in [9.17, 15) is 5.11 Å². The van der Waals surface area contributed by atoms with Crippen molar-refractivity contribution in [1.29, 1.82) is 0 Å². The van der Waals surface area contributed by atoms with Crippen molar-refractivity contribution in [2.45, 2.75) is 70.7 Å². The maximum atomic E-state index is 10.0. The molecule has 1 fully saturated rings. The molecule has 3 rings (SSSR count). The van der Waals surface area contributed by atoms with Crippen LogP contribution in [0.15, 0.2) is 36.7 Å². The Kier molecular flexibility index (Phi) is 5.33. The average molecular weight is 343 g/mol. The first kappa shape index (κ1) is 17.8. The van der Waals surface area contributed by atoms with Crippen LogP contribution in [0.5, 0.6) is 5.75 Å². The van der Waals surface area contributed by atoms with Gasteiger partial charge in [-0.15, -0.1) is 0 Å². The van der Waals surface area contributed by atoms with Gasteiger partial charge in [-0.25, -0.2) is 0 Å². The number of nitrogens with one attached hydrogen (secondary N) is 1. The second kappa shape index (κ2) is 7.48. The molecule has 0 bridgehead atoms. The van der Waals surface area contributed by atoms with Crippen LogP contribution in [0.4, 0.5) is 5.69 Å². The molecule has 136 valence electrons. The summed E-state index contributed by atoms with van der Waals surface area (Å²) in [6, 6.07) is 7.95. The number of aliphatic hydroxyl groups is 1. The Balaban J connectivity index is 1.53. The summed E-state index contributed by atoms with van der Waals surface area (Å²) < 4.78 is 7.92. The summed E-state index contributed by atoms with van der Waals surface area (Å²) in [6.45, 7) is 7.15. The highest BCUT2D eigenvalue weighted by atomic mass is 16.5. The number of hydrogen-bond donors (Lipinski definition) is 2. The predicted octanol–water partition coefficient (Wildman–Crippen LogP) is 3.93. The molecule has 1 aromatic heterocycles. The van der Waals surface area contributed by atoms with Gasteiger partial charge in [0.15, 0.2) is 0 Å². The van der Waals surface area contributed by atoms with Crippen molar-refractivity contribution in [3.05, 3.63) is 42.2 Å². The number of ether oxygens (including phenoxy) is 1. The van der Waals surface area contributed by atoms with E-state index in [1.165, 1.54) is 0 Å². The van der Waals surface area contributed by atoms with Gasteiger partial charge in [-0.1, -0.05) is 6.42 Å². The van der Waals surface area contributed by atoms with E-state index in [4.69, 9.17) is 4.74 Å². The van der Waals surface area contributed by atoms with Gasteiger partial charge in [0, 0.05) is 24.0 Å². The molecule has 5 heteroatoms. The molecule has 0 radical (unpaired) electrons. The Morgan fingerprint density at radius 2 is 1.92 bits per heavy atom. The maximum absolute atomic E-state index is 10.0. The standard InChI is InChI=1S/C20H29N3O2/c1-20(2,3)23-14-15(13-22-23)12-21-16-8-10-17(11-9-16)25-19-7-5-4-6-18(19)24/h8-11,13-14,18-19,21,24H,4-7,12H2,1-3H3. The van der Waals surface area contributed by atoms with Gasteiger partial charge in [-0.05, 0) is 64.3 Å². The van der Waals surface area contributed by atoms with Crippen LogP contribution in [0.3, 0.4) is 0 Å². The van der Waals surface area contributed by atoms with Crippen molar-refractivity contribution in [3.63, 3.8) is 0 Å². The summed E-state index contributed by atoms with van der Waals surface area (Å²) in [5.41, 5.74) is 2.20. The summed E-state index contributed by atoms with van der Waals surface area (Å²) in [5.74, 6) is 0.817. The Bertz CT molecular complexity index is 673. The minimum atomic E-state index is -0.342. The quantitative estimate of drug-likeness (QED) is 0.863. The molecule has 1 heterocycles. The van der Waals surface area contributed by atoms with Crippen molar-refractivity contribution in [1.82, 2.24) is 9.78 Å². The van der Waals surface area contributed by atoms with E-state index in [2.05, 4.69) is 37.4 Å². The zero-order valence-corrected chi connectivity index (χ0v) is 15.4. The van der Waals surface area contributed by atoms with Gasteiger partial charge in [0.2, 0.25) is 0 Å². The SMILES string of the molecule is CC(C)(C)n1cc(CNc2ccc(OC3CCCCC3O)cc2)cn1. The van der Waals surface area contributed by atoms with Gasteiger partial charge in [0.25, 0.3) is 0 Å². The van der Waals surface area contributed by atoms with Gasteiger partial charge in [0.1, 0.15) is 11.9 Å². The van der Waals surface area contributed by atoms with Gasteiger partial charge < -0.3 is 15.2 Å². The molecule has 1 aliphatic carbocycles. The van der Waals surface area contributed by atoms with Gasteiger partial charge in [0.05, 0.1) is 17.8 Å². The fourth-order valence-corrected chi connectivity index (χ4v) is 3.06. The summed E-state index contributed by atoms with van der Waals surface area (Å²) in [4.78, 5) is 0. The lowest BCUT2D eigenvalue weighted by Gasteiger charge is -2.28. The predicted molar refractivity (Wildman–Crippen MR) is 99.9 cm³/mol. The van der Waals surface area contributed by atoms with E-state index >= 15 is 0 Å². The zero-order valence-electron chi connectivity index (χ0n) is 15.4. The van der Waals surface area contributed by atoms with Crippen LogP contribution in [-0.2, 0) is 12.1 Å². The zero-order chi connectivity index (χ0) is 17.9. The third-order valence-corrected chi connectivity index (χ3v) is 4.63. The first-order valence-corrected chi connectivity index (χ1v) is 9.14. The normalized spacial score (nSPS) is 21.1. The van der Waals surface area contributed by atoms with Crippen LogP contribution in [0.1, 0.15) is 52.0 Å². The summed E-state index contributed by atoms with van der Waals surface area (Å²) >= 11 is 0. The van der Waals surface area contributed by atoms with E-state index in [0.29, 0.717) is 0 Å². The number of aliphatic hydroxyl groups excluding tert-OH is 1. The van der Waals surface area contributed by atoms with E-state index in [-0.39, 0.29) is 17.7 Å². The minimum absolute atomic E-state index is 0.000914. The highest BCUT2D eigenvalue weighted by molar-refractivity contribution is 5.46. The number of rotatable bonds is 5. The Morgan fingerprint density at radius 1 is 1.20 bits per heavy atom. The number of nitrogens with zero attached hydrogens (tertiary/aromatic N) is 2. The molecule has 2 N–H and O–H groups in total. The second-order valence-corrected chi connectivity index (χ2v) is 7.85. The highest BCUT2D eigenvalue weighted by Crippen LogP contribution is 2.25. The van der Waals surface area contributed by atoms with E-state index < -0.39 is 0 Å². The summed E-state index contributed by atoms with van der Waals surface area (Å²) in [6.07, 6.45) is 7.56. The van der Waals surface area contributed by atoms with Gasteiger partial charge >= 0.3 is 0 Å². The molecule has 2 unspecified atom stereocenters. The topological polar surface area (TPSA) is 59.3 Å². The number of aromatic nitrogens is 2. The molecular weight excluding hydrogens is 314 g/mol. The molecule has 0 spiro atoms. The molecule has 1 aromatic carbocycles. The Morgan fingerprint density at radius 3 is 2.56 bits per heavy atom. The second-order valence-electron chi connectivity index (χ2n) is 7.85. The van der Waals surface area contributed by atoms with Crippen LogP contribution >= 0.6 is 0 Å². The summed E-state index contributed by atoms with van der Waals surface area (Å²) in [7, 11) is 0. The van der Waals surface area contributed by atoms with Crippen molar-refractivity contribution < 1.29 is 9.84 Å². The van der Waals surface area contributed by atoms with Crippen LogP contribution < -0.4 is 10.1 Å². The lowest BCUT2D eigenvalue weighted by Crippen LogP contribution is -2.34. The molecule has 0 aliphatic heterocycles. The molecule has 1 saturated carbocycles. The largest absolute Gasteiger partial charge is 0.488 e. The Hall–Kier alpha value is -2.01. The monoisotopic (exact) mass is 343 g/mol. The van der Waals surface area contributed by atoms with Crippen LogP contribution in [-0.4, -0.2) is 27.1 Å². The van der Waals surface area contributed by atoms with E-state index in [1.807, 2.05) is 35.1 Å². The molecule has 2 atom stereocenters. The van der Waals surface area contributed by atoms with Crippen molar-refractivity contribution in [3.8, 4) is 5.75 Å². The molecule has 2 aromatic rings. The van der Waals surface area contributed by atoms with Crippen molar-refractivity contribution in [2.24, 2.45) is 0 Å². The highest BCUT2D eigenvalue weighted by Gasteiger charge is 2.24. The third kappa shape index (κ3) is 4.75. The number of hydrogen-bond acceptors (Lipinski definition) is 4. The fourth-order valence-electron chi connectivity index (χ4n) is 3.06. The van der Waals surface area contributed by atoms with Crippen LogP contribution in [0.25, 0.3) is 0 Å². The van der Waals surface area contributed by atoms with E-state index in [0.717, 1.165) is 49.2 Å². The van der Waals surface area contributed by atoms with Crippen LogP contribution in [0.2, 0.25) is 0 Å². The molecule has 0 amide bonds. The smallest absolute Gasteiger partial charge is 0.124 e. The first-order chi connectivity index (χ1) is 11.9. The number of anilines is 1. The molecular formula is C20H29N3O2. The molecule has 1 aliphatic rings. The average Bonchev–Trinajstić information content (AvgIpc) is 3.06. The summed E-state index contributed by atoms with van der Waals surface area (Å²) in [5, 5.41) is 17.8. The first-order valence-electron chi connectivity index (χ1n) is 9.14. The molecule has 0 saturated heterocycles. The third-order valence-electron chi connectivity index (χ3n) is 4.63. The van der Waals surface area contributed by atoms with Crippen molar-refractivity contribution >= 4 is 5.69 Å². The lowest BCUT2D eigenvalue weighted by atomic mass is 9.95. The Labute approximate surface area is 150 Å². The lowest BCUT2D eigenvalue weighted by molar-refractivity contribution is 0.00688. The molecule has 5 nitrogen and oxygen atoms in total. The molecule has 25 heavy (non-hydrogen) atoms. The minimum Gasteiger partial charge on any atom is -0.488 e. The van der Waals surface area contributed by atoms with Crippen LogP contribution in [0, 0.1) is 0 Å². The van der Waals surface area contributed by atoms with Crippen molar-refractivity contribution in [2.75, 3.05) is 5.32 Å². The maximum Gasteiger partial charge on any atom is 0.124 e. The van der Waals surface area contributed by atoms with E-state index in [1.54, 1.807) is 0 Å². The van der Waals surface area contributed by atoms with Gasteiger partial charge in [-0.3, -0.25) is 4.68 Å². The fraction of sp³-hybridized carbons (Fsp3) is 0.550.